The van der Waals surface area contributed by atoms with Crippen molar-refractivity contribution in [2.24, 2.45) is 0 Å². The van der Waals surface area contributed by atoms with Gasteiger partial charge in [-0.25, -0.2) is 4.98 Å². The highest BCUT2D eigenvalue weighted by Crippen LogP contribution is 2.37. The van der Waals surface area contributed by atoms with Gasteiger partial charge in [-0.1, -0.05) is 25.5 Å². The van der Waals surface area contributed by atoms with Gasteiger partial charge < -0.3 is 9.64 Å². The third-order valence-corrected chi connectivity index (χ3v) is 5.94. The summed E-state index contributed by atoms with van der Waals surface area (Å²) in [6.07, 6.45) is 0. The molecule has 2 heterocycles. The second kappa shape index (κ2) is 8.23. The Morgan fingerprint density at radius 2 is 1.93 bits per heavy atom. The Kier molecular flexibility index (Phi) is 5.97. The number of ether oxygens (including phenoxy) is 1. The normalized spacial score (nSPS) is 11.5. The molecule has 144 valence electrons. The van der Waals surface area contributed by atoms with Crippen molar-refractivity contribution in [1.82, 2.24) is 14.5 Å². The molecule has 0 fully saturated rings. The zero-order valence-electron chi connectivity index (χ0n) is 16.7. The fraction of sp³-hybridized carbons (Fsp3) is 0.429. The van der Waals surface area contributed by atoms with E-state index in [1.807, 2.05) is 31.4 Å². The van der Waals surface area contributed by atoms with E-state index in [4.69, 9.17) is 9.72 Å². The fourth-order valence-electron chi connectivity index (χ4n) is 3.40. The highest BCUT2D eigenvalue weighted by atomic mass is 32.1. The van der Waals surface area contributed by atoms with Gasteiger partial charge in [0.25, 0.3) is 5.56 Å². The fourth-order valence-corrected chi connectivity index (χ4v) is 4.38. The molecular weight excluding hydrogens is 358 g/mol. The highest BCUT2D eigenvalue weighted by molar-refractivity contribution is 7.17. The largest absolute Gasteiger partial charge is 0.496 e. The number of rotatable bonds is 7. The molecule has 0 radical (unpaired) electrons. The average molecular weight is 386 g/mol. The lowest BCUT2D eigenvalue weighted by molar-refractivity contribution is 0.288. The molecule has 2 aromatic heterocycles. The van der Waals surface area contributed by atoms with Crippen molar-refractivity contribution in [3.63, 3.8) is 0 Å². The van der Waals surface area contributed by atoms with Crippen LogP contribution in [0.25, 0.3) is 21.3 Å². The van der Waals surface area contributed by atoms with E-state index in [0.29, 0.717) is 11.9 Å². The predicted molar refractivity (Wildman–Crippen MR) is 113 cm³/mol. The number of aryl methyl sites for hydroxylation is 2. The van der Waals surface area contributed by atoms with Gasteiger partial charge in [0.1, 0.15) is 16.4 Å². The van der Waals surface area contributed by atoms with Crippen LogP contribution in [0.3, 0.4) is 0 Å². The molecule has 0 saturated heterocycles. The molecule has 0 amide bonds. The Bertz CT molecular complexity index is 1000. The van der Waals surface area contributed by atoms with Gasteiger partial charge in [0, 0.05) is 29.6 Å². The second-order valence-corrected chi connectivity index (χ2v) is 7.53. The van der Waals surface area contributed by atoms with Crippen molar-refractivity contribution in [3.05, 3.63) is 45.3 Å². The van der Waals surface area contributed by atoms with Crippen LogP contribution in [-0.4, -0.2) is 41.2 Å². The first-order chi connectivity index (χ1) is 13.0. The maximum atomic E-state index is 13.3. The minimum absolute atomic E-state index is 0.0319. The molecular formula is C21H27N3O2S. The summed E-state index contributed by atoms with van der Waals surface area (Å²) in [6.45, 7) is 11.7. The third kappa shape index (κ3) is 3.77. The van der Waals surface area contributed by atoms with E-state index in [9.17, 15) is 4.79 Å². The average Bonchev–Trinajstić information content (AvgIpc) is 3.08. The molecule has 3 aromatic rings. The molecule has 0 atom stereocenters. The van der Waals surface area contributed by atoms with Crippen LogP contribution in [0.4, 0.5) is 0 Å². The Morgan fingerprint density at radius 3 is 2.59 bits per heavy atom. The molecule has 27 heavy (non-hydrogen) atoms. The molecule has 6 heteroatoms. The van der Waals surface area contributed by atoms with Crippen LogP contribution in [0.15, 0.2) is 28.4 Å². The van der Waals surface area contributed by atoms with Crippen LogP contribution >= 0.6 is 11.3 Å². The topological polar surface area (TPSA) is 47.4 Å². The molecule has 0 saturated carbocycles. The van der Waals surface area contributed by atoms with Crippen molar-refractivity contribution in [2.45, 2.75) is 34.2 Å². The van der Waals surface area contributed by atoms with E-state index in [0.717, 1.165) is 52.7 Å². The maximum absolute atomic E-state index is 13.3. The zero-order chi connectivity index (χ0) is 19.6. The van der Waals surface area contributed by atoms with E-state index in [2.05, 4.69) is 24.8 Å². The van der Waals surface area contributed by atoms with Crippen molar-refractivity contribution < 1.29 is 4.74 Å². The summed E-state index contributed by atoms with van der Waals surface area (Å²) in [4.78, 5) is 21.2. The van der Waals surface area contributed by atoms with Crippen molar-refractivity contribution in [2.75, 3.05) is 26.7 Å². The van der Waals surface area contributed by atoms with Crippen LogP contribution in [0.5, 0.6) is 5.75 Å². The standard InChI is InChI=1S/C21H27N3O2S/c1-6-23(7-2)10-11-24-15(4)22-20-19(21(24)25)17(13-27-20)16-12-14(3)8-9-18(16)26-5/h8-9,12-13H,6-7,10-11H2,1-5H3. The van der Waals surface area contributed by atoms with Crippen molar-refractivity contribution in [3.8, 4) is 16.9 Å². The van der Waals surface area contributed by atoms with Crippen LogP contribution in [0.1, 0.15) is 25.2 Å². The van der Waals surface area contributed by atoms with Gasteiger partial charge in [0.15, 0.2) is 0 Å². The van der Waals surface area contributed by atoms with Crippen LogP contribution in [-0.2, 0) is 6.54 Å². The van der Waals surface area contributed by atoms with E-state index in [1.54, 1.807) is 11.7 Å². The Morgan fingerprint density at radius 1 is 1.19 bits per heavy atom. The van der Waals surface area contributed by atoms with E-state index in [1.165, 1.54) is 11.3 Å². The lowest BCUT2D eigenvalue weighted by Gasteiger charge is -2.19. The first-order valence-electron chi connectivity index (χ1n) is 9.36. The number of fused-ring (bicyclic) bond motifs is 1. The SMILES string of the molecule is CCN(CC)CCn1c(C)nc2scc(-c3cc(C)ccc3OC)c2c1=O. The van der Waals surface area contributed by atoms with E-state index < -0.39 is 0 Å². The van der Waals surface area contributed by atoms with Gasteiger partial charge in [-0.05, 0) is 39.1 Å². The van der Waals surface area contributed by atoms with Gasteiger partial charge in [-0.15, -0.1) is 11.3 Å². The van der Waals surface area contributed by atoms with E-state index >= 15 is 0 Å². The number of aromatic nitrogens is 2. The molecule has 0 N–H and O–H groups in total. The number of methoxy groups -OCH3 is 1. The maximum Gasteiger partial charge on any atom is 0.262 e. The molecule has 3 rings (SSSR count). The molecule has 5 nitrogen and oxygen atoms in total. The Balaban J connectivity index is 2.14. The summed E-state index contributed by atoms with van der Waals surface area (Å²) in [7, 11) is 1.66. The van der Waals surface area contributed by atoms with Crippen LogP contribution in [0.2, 0.25) is 0 Å². The summed E-state index contributed by atoms with van der Waals surface area (Å²) in [6, 6.07) is 6.04. The quantitative estimate of drug-likeness (QED) is 0.614. The van der Waals surface area contributed by atoms with E-state index in [-0.39, 0.29) is 5.56 Å². The summed E-state index contributed by atoms with van der Waals surface area (Å²) in [5.74, 6) is 1.54. The first kappa shape index (κ1) is 19.6. The summed E-state index contributed by atoms with van der Waals surface area (Å²) >= 11 is 1.51. The van der Waals surface area contributed by atoms with Gasteiger partial charge >= 0.3 is 0 Å². The number of thiophene rings is 1. The molecule has 0 spiro atoms. The number of hydrogen-bond donors (Lipinski definition) is 0. The van der Waals surface area contributed by atoms with Crippen LogP contribution in [0, 0.1) is 13.8 Å². The number of benzene rings is 1. The zero-order valence-corrected chi connectivity index (χ0v) is 17.5. The Hall–Kier alpha value is -2.18. The highest BCUT2D eigenvalue weighted by Gasteiger charge is 2.18. The lowest BCUT2D eigenvalue weighted by atomic mass is 10.0. The second-order valence-electron chi connectivity index (χ2n) is 6.68. The number of hydrogen-bond acceptors (Lipinski definition) is 5. The summed E-state index contributed by atoms with van der Waals surface area (Å²) in [5, 5.41) is 2.71. The molecule has 0 unspecified atom stereocenters. The van der Waals surface area contributed by atoms with Gasteiger partial charge in [-0.2, -0.15) is 0 Å². The number of likely N-dealkylation sites (N-methyl/N-ethyl adjacent to an activating group) is 1. The Labute approximate surface area is 164 Å². The third-order valence-electron chi connectivity index (χ3n) is 5.06. The monoisotopic (exact) mass is 385 g/mol. The minimum atomic E-state index is 0.0319. The molecule has 0 aliphatic heterocycles. The smallest absolute Gasteiger partial charge is 0.262 e. The lowest BCUT2D eigenvalue weighted by Crippen LogP contribution is -2.32. The first-order valence-corrected chi connectivity index (χ1v) is 10.2. The minimum Gasteiger partial charge on any atom is -0.496 e. The predicted octanol–water partition coefficient (Wildman–Crippen LogP) is 4.09. The van der Waals surface area contributed by atoms with Crippen molar-refractivity contribution >= 4 is 21.6 Å². The van der Waals surface area contributed by atoms with Gasteiger partial charge in [0.05, 0.1) is 12.5 Å². The molecule has 0 bridgehead atoms. The molecule has 0 aliphatic carbocycles. The van der Waals surface area contributed by atoms with Gasteiger partial charge in [0.2, 0.25) is 0 Å². The number of nitrogens with zero attached hydrogens (tertiary/aromatic N) is 3. The van der Waals surface area contributed by atoms with Crippen molar-refractivity contribution in [1.29, 1.82) is 0 Å². The summed E-state index contributed by atoms with van der Waals surface area (Å²) in [5.41, 5.74) is 3.02. The molecule has 1 aromatic carbocycles. The molecule has 0 aliphatic rings. The summed E-state index contributed by atoms with van der Waals surface area (Å²) < 4.78 is 7.35. The van der Waals surface area contributed by atoms with Gasteiger partial charge in [-0.3, -0.25) is 9.36 Å². The van der Waals surface area contributed by atoms with Crippen LogP contribution < -0.4 is 10.3 Å².